The lowest BCUT2D eigenvalue weighted by atomic mass is 10.3. The van der Waals surface area contributed by atoms with Crippen molar-refractivity contribution in [3.05, 3.63) is 45.9 Å². The molecule has 0 bridgehead atoms. The first-order chi connectivity index (χ1) is 9.10. The first-order valence-corrected chi connectivity index (χ1v) is 5.47. The minimum Gasteiger partial charge on any atom is -0.493 e. The third kappa shape index (κ3) is 3.08. The van der Waals surface area contributed by atoms with Crippen LogP contribution < -0.4 is 9.47 Å². The van der Waals surface area contributed by atoms with Gasteiger partial charge in [-0.1, -0.05) is 0 Å². The summed E-state index contributed by atoms with van der Waals surface area (Å²) in [6.45, 7) is 0. The van der Waals surface area contributed by atoms with E-state index in [2.05, 4.69) is 9.97 Å². The van der Waals surface area contributed by atoms with Gasteiger partial charge >= 0.3 is 0 Å². The molecule has 0 unspecified atom stereocenters. The number of ether oxygens (including phenoxy) is 2. The first kappa shape index (κ1) is 13.0. The van der Waals surface area contributed by atoms with Gasteiger partial charge in [-0.15, -0.1) is 0 Å². The Kier molecular flexibility index (Phi) is 3.76. The van der Waals surface area contributed by atoms with Gasteiger partial charge in [-0.25, -0.2) is 4.98 Å². The Bertz CT molecular complexity index is 621. The summed E-state index contributed by atoms with van der Waals surface area (Å²) in [6.07, 6.45) is 1.43. The van der Waals surface area contributed by atoms with Crippen molar-refractivity contribution < 1.29 is 14.4 Å². The molecule has 0 aliphatic carbocycles. The number of hydrogen-bond donors (Lipinski definition) is 0. The second-order valence-corrected chi connectivity index (χ2v) is 3.70. The molecule has 2 rings (SSSR count). The zero-order valence-electron chi connectivity index (χ0n) is 9.74. The molecule has 0 spiro atoms. The van der Waals surface area contributed by atoms with Crippen molar-refractivity contribution in [2.24, 2.45) is 0 Å². The largest absolute Gasteiger partial charge is 0.493 e. The van der Waals surface area contributed by atoms with Gasteiger partial charge in [0.1, 0.15) is 0 Å². The monoisotopic (exact) mass is 281 g/mol. The summed E-state index contributed by atoms with van der Waals surface area (Å²) in [5, 5.41) is 10.7. The summed E-state index contributed by atoms with van der Waals surface area (Å²) in [4.78, 5) is 17.7. The summed E-state index contributed by atoms with van der Waals surface area (Å²) in [7, 11) is 1.39. The lowest BCUT2D eigenvalue weighted by Crippen LogP contribution is -1.95. The van der Waals surface area contributed by atoms with Gasteiger partial charge in [0.25, 0.3) is 5.69 Å². The van der Waals surface area contributed by atoms with Gasteiger partial charge in [-0.05, 0) is 17.7 Å². The molecule has 1 aromatic heterocycles. The fourth-order valence-electron chi connectivity index (χ4n) is 1.34. The number of non-ortho nitro benzene ring substituents is 1. The van der Waals surface area contributed by atoms with Gasteiger partial charge in [-0.2, -0.15) is 4.98 Å². The number of nitro groups is 1. The van der Waals surface area contributed by atoms with Crippen LogP contribution >= 0.6 is 11.6 Å². The number of nitro benzene ring substituents is 1. The van der Waals surface area contributed by atoms with Crippen LogP contribution in [0.4, 0.5) is 5.69 Å². The summed E-state index contributed by atoms with van der Waals surface area (Å²) >= 11 is 5.63. The number of benzene rings is 1. The highest BCUT2D eigenvalue weighted by Gasteiger charge is 2.13. The van der Waals surface area contributed by atoms with Gasteiger partial charge in [0.05, 0.1) is 18.1 Å². The molecule has 1 heterocycles. The van der Waals surface area contributed by atoms with E-state index in [4.69, 9.17) is 21.1 Å². The quantitative estimate of drug-likeness (QED) is 0.486. The number of aromatic nitrogens is 2. The third-order valence-corrected chi connectivity index (χ3v) is 2.36. The maximum Gasteiger partial charge on any atom is 0.273 e. The van der Waals surface area contributed by atoms with Crippen molar-refractivity contribution >= 4 is 17.3 Å². The zero-order chi connectivity index (χ0) is 13.8. The predicted molar refractivity (Wildman–Crippen MR) is 66.8 cm³/mol. The number of hydrogen-bond acceptors (Lipinski definition) is 6. The normalized spacial score (nSPS) is 10.0. The molecular weight excluding hydrogens is 274 g/mol. The molecule has 0 fully saturated rings. The Balaban J connectivity index is 2.32. The first-order valence-electron chi connectivity index (χ1n) is 5.09. The molecule has 7 nitrogen and oxygen atoms in total. The predicted octanol–water partition coefficient (Wildman–Crippen LogP) is 2.84. The number of nitrogens with zero attached hydrogens (tertiary/aromatic N) is 3. The Morgan fingerprint density at radius 3 is 2.74 bits per heavy atom. The fourth-order valence-corrected chi connectivity index (χ4v) is 1.48. The molecule has 98 valence electrons. The third-order valence-electron chi connectivity index (χ3n) is 2.17. The molecule has 2 aromatic rings. The SMILES string of the molecule is COc1cc([N+](=O)[O-])ccc1Oc1ccnc(Cl)n1. The lowest BCUT2D eigenvalue weighted by Gasteiger charge is -2.08. The zero-order valence-corrected chi connectivity index (χ0v) is 10.5. The average molecular weight is 282 g/mol. The van der Waals surface area contributed by atoms with Crippen LogP contribution in [0.3, 0.4) is 0 Å². The molecule has 0 amide bonds. The highest BCUT2D eigenvalue weighted by atomic mass is 35.5. The van der Waals surface area contributed by atoms with Gasteiger partial charge < -0.3 is 9.47 Å². The molecule has 0 radical (unpaired) electrons. The number of methoxy groups -OCH3 is 1. The van der Waals surface area contributed by atoms with Gasteiger partial charge in [0, 0.05) is 18.3 Å². The Labute approximate surface area is 112 Å². The van der Waals surface area contributed by atoms with Crippen molar-refractivity contribution in [2.75, 3.05) is 7.11 Å². The topological polar surface area (TPSA) is 87.4 Å². The van der Waals surface area contributed by atoms with Crippen LogP contribution in [0, 0.1) is 10.1 Å². The van der Waals surface area contributed by atoms with E-state index in [-0.39, 0.29) is 22.6 Å². The highest BCUT2D eigenvalue weighted by Crippen LogP contribution is 2.33. The summed E-state index contributed by atoms with van der Waals surface area (Å²) < 4.78 is 10.5. The molecular formula is C11H8ClN3O4. The van der Waals surface area contributed by atoms with E-state index < -0.39 is 4.92 Å². The highest BCUT2D eigenvalue weighted by molar-refractivity contribution is 6.28. The maximum absolute atomic E-state index is 10.7. The van der Waals surface area contributed by atoms with Crippen LogP contribution in [0.1, 0.15) is 0 Å². The summed E-state index contributed by atoms with van der Waals surface area (Å²) in [5.74, 6) is 0.735. The minimum atomic E-state index is -0.520. The van der Waals surface area contributed by atoms with Gasteiger partial charge in [0.2, 0.25) is 11.2 Å². The summed E-state index contributed by atoms with van der Waals surface area (Å²) in [6, 6.07) is 5.50. The van der Waals surface area contributed by atoms with Crippen LogP contribution in [0.5, 0.6) is 17.4 Å². The van der Waals surface area contributed by atoms with Crippen molar-refractivity contribution in [1.82, 2.24) is 9.97 Å². The van der Waals surface area contributed by atoms with Crippen LogP contribution in [-0.2, 0) is 0 Å². The van der Waals surface area contributed by atoms with Gasteiger partial charge in [-0.3, -0.25) is 10.1 Å². The van der Waals surface area contributed by atoms with E-state index in [1.54, 1.807) is 0 Å². The Hall–Kier alpha value is -2.41. The molecule has 8 heteroatoms. The molecule has 0 aliphatic heterocycles. The smallest absolute Gasteiger partial charge is 0.273 e. The number of halogens is 1. The molecule has 0 saturated carbocycles. The number of rotatable bonds is 4. The van der Waals surface area contributed by atoms with Crippen LogP contribution in [0.15, 0.2) is 30.5 Å². The van der Waals surface area contributed by atoms with Crippen molar-refractivity contribution in [3.63, 3.8) is 0 Å². The molecule has 0 saturated heterocycles. The van der Waals surface area contributed by atoms with Crippen LogP contribution in [0.25, 0.3) is 0 Å². The standard InChI is InChI=1S/C11H8ClN3O4/c1-18-9-6-7(15(16)17)2-3-8(9)19-10-4-5-13-11(12)14-10/h2-6H,1H3. The van der Waals surface area contributed by atoms with Crippen molar-refractivity contribution in [1.29, 1.82) is 0 Å². The van der Waals surface area contributed by atoms with Crippen LogP contribution in [-0.4, -0.2) is 22.0 Å². The molecule has 19 heavy (non-hydrogen) atoms. The fraction of sp³-hybridized carbons (Fsp3) is 0.0909. The summed E-state index contributed by atoms with van der Waals surface area (Å²) in [5.41, 5.74) is -0.0927. The van der Waals surface area contributed by atoms with Crippen molar-refractivity contribution in [3.8, 4) is 17.4 Å². The van der Waals surface area contributed by atoms with E-state index in [1.807, 2.05) is 0 Å². The molecule has 0 aliphatic rings. The average Bonchev–Trinajstić information content (AvgIpc) is 2.39. The lowest BCUT2D eigenvalue weighted by molar-refractivity contribution is -0.384. The Morgan fingerprint density at radius 2 is 2.11 bits per heavy atom. The molecule has 0 atom stereocenters. The minimum absolute atomic E-state index is 0.0402. The van der Waals surface area contributed by atoms with E-state index >= 15 is 0 Å². The second-order valence-electron chi connectivity index (χ2n) is 3.36. The van der Waals surface area contributed by atoms with E-state index in [0.717, 1.165) is 0 Å². The van der Waals surface area contributed by atoms with Gasteiger partial charge in [0.15, 0.2) is 11.5 Å². The van der Waals surface area contributed by atoms with E-state index in [9.17, 15) is 10.1 Å². The maximum atomic E-state index is 10.7. The van der Waals surface area contributed by atoms with E-state index in [1.165, 1.54) is 37.6 Å². The molecule has 0 N–H and O–H groups in total. The second kappa shape index (κ2) is 5.49. The van der Waals surface area contributed by atoms with Crippen LogP contribution in [0.2, 0.25) is 5.28 Å². The van der Waals surface area contributed by atoms with Crippen molar-refractivity contribution in [2.45, 2.75) is 0 Å². The molecule has 1 aromatic carbocycles. The van der Waals surface area contributed by atoms with E-state index in [0.29, 0.717) is 5.75 Å². The Morgan fingerprint density at radius 1 is 1.32 bits per heavy atom.